The van der Waals surface area contributed by atoms with Crippen LogP contribution in [0.5, 0.6) is 0 Å². The van der Waals surface area contributed by atoms with E-state index < -0.39 is 0 Å². The molecule has 8 heteroatoms. The summed E-state index contributed by atoms with van der Waals surface area (Å²) >= 11 is 4.87. The average Bonchev–Trinajstić information content (AvgIpc) is 3.07. The first-order valence-corrected chi connectivity index (χ1v) is 10.1. The number of hydrogen-bond donors (Lipinski definition) is 1. The number of hydrogen-bond acceptors (Lipinski definition) is 5. The topological polar surface area (TPSA) is 69.0 Å². The van der Waals surface area contributed by atoms with Crippen LogP contribution in [0.3, 0.4) is 0 Å². The number of carbonyl (C=O) groups is 1. The molecule has 1 aromatic heterocycles. The van der Waals surface area contributed by atoms with Crippen molar-refractivity contribution in [2.45, 2.75) is 18.2 Å². The molecule has 0 spiro atoms. The number of aromatic nitrogens is 3. The van der Waals surface area contributed by atoms with Gasteiger partial charge in [-0.05, 0) is 36.4 Å². The van der Waals surface area contributed by atoms with Crippen LogP contribution in [0.2, 0.25) is 0 Å². The van der Waals surface area contributed by atoms with E-state index in [0.717, 1.165) is 26.8 Å². The number of carbonyl (C=O) groups excluding carboxylic acids is 1. The molecule has 0 bridgehead atoms. The van der Waals surface area contributed by atoms with E-state index in [2.05, 4.69) is 31.4 Å². The average molecular weight is 447 g/mol. The zero-order chi connectivity index (χ0) is 19.1. The van der Waals surface area contributed by atoms with Gasteiger partial charge in [0.25, 0.3) is 0 Å². The van der Waals surface area contributed by atoms with E-state index in [-0.39, 0.29) is 5.91 Å². The maximum absolute atomic E-state index is 12.2. The molecule has 27 heavy (non-hydrogen) atoms. The van der Waals surface area contributed by atoms with E-state index >= 15 is 0 Å². The summed E-state index contributed by atoms with van der Waals surface area (Å²) in [5.41, 5.74) is 1.75. The fraction of sp³-hybridized carbons (Fsp3) is 0.211. The number of para-hydroxylation sites is 1. The highest BCUT2D eigenvalue weighted by molar-refractivity contribution is 9.10. The Morgan fingerprint density at radius 3 is 2.59 bits per heavy atom. The van der Waals surface area contributed by atoms with Crippen LogP contribution < -0.4 is 5.32 Å². The van der Waals surface area contributed by atoms with Crippen LogP contribution >= 0.6 is 27.7 Å². The minimum Gasteiger partial charge on any atom is -0.377 e. The Labute approximate surface area is 170 Å². The van der Waals surface area contributed by atoms with Crippen molar-refractivity contribution in [1.82, 2.24) is 14.8 Å². The first kappa shape index (κ1) is 19.6. The van der Waals surface area contributed by atoms with Gasteiger partial charge in [0.2, 0.25) is 5.91 Å². The van der Waals surface area contributed by atoms with E-state index in [9.17, 15) is 4.79 Å². The second kappa shape index (κ2) is 9.68. The first-order chi connectivity index (χ1) is 13.2. The van der Waals surface area contributed by atoms with E-state index in [0.29, 0.717) is 18.8 Å². The predicted octanol–water partition coefficient (Wildman–Crippen LogP) is 4.30. The smallest absolute Gasteiger partial charge is 0.225 e. The molecule has 0 saturated carbocycles. The molecule has 0 aliphatic carbocycles. The zero-order valence-electron chi connectivity index (χ0n) is 14.8. The monoisotopic (exact) mass is 446 g/mol. The lowest BCUT2D eigenvalue weighted by atomic mass is 10.3. The molecule has 3 rings (SSSR count). The normalized spacial score (nSPS) is 10.7. The molecular formula is C19H19BrN4O2S. The fourth-order valence-corrected chi connectivity index (χ4v) is 3.62. The van der Waals surface area contributed by atoms with Crippen molar-refractivity contribution in [3.8, 4) is 5.69 Å². The largest absolute Gasteiger partial charge is 0.377 e. The van der Waals surface area contributed by atoms with E-state index in [1.807, 2.05) is 59.2 Å². The van der Waals surface area contributed by atoms with Gasteiger partial charge in [-0.15, -0.1) is 10.2 Å². The quantitative estimate of drug-likeness (QED) is 0.522. The van der Waals surface area contributed by atoms with Gasteiger partial charge in [-0.1, -0.05) is 45.9 Å². The Hall–Kier alpha value is -2.16. The van der Waals surface area contributed by atoms with Gasteiger partial charge in [-0.25, -0.2) is 0 Å². The standard InChI is InChI=1S/C19H19BrN4O2S/c1-26-13-17-22-23-19(24(17)16-5-3-2-4-6-16)27-12-11-18(25)21-15-9-7-14(20)8-10-15/h2-10H,11-13H2,1H3,(H,21,25). The van der Waals surface area contributed by atoms with Crippen molar-refractivity contribution in [1.29, 1.82) is 0 Å². The van der Waals surface area contributed by atoms with Gasteiger partial charge in [0.05, 0.1) is 0 Å². The molecule has 0 aliphatic rings. The maximum Gasteiger partial charge on any atom is 0.225 e. The summed E-state index contributed by atoms with van der Waals surface area (Å²) < 4.78 is 8.16. The van der Waals surface area contributed by atoms with Crippen LogP contribution in [0, 0.1) is 0 Å². The minimum absolute atomic E-state index is 0.0345. The Morgan fingerprint density at radius 2 is 1.89 bits per heavy atom. The third-order valence-electron chi connectivity index (χ3n) is 3.68. The third kappa shape index (κ3) is 5.41. The van der Waals surface area contributed by atoms with Crippen molar-refractivity contribution in [3.05, 3.63) is 64.9 Å². The van der Waals surface area contributed by atoms with Crippen LogP contribution in [0.25, 0.3) is 5.69 Å². The molecule has 0 unspecified atom stereocenters. The highest BCUT2D eigenvalue weighted by Gasteiger charge is 2.14. The number of nitrogens with one attached hydrogen (secondary N) is 1. The SMILES string of the molecule is COCc1nnc(SCCC(=O)Nc2ccc(Br)cc2)n1-c1ccccc1. The highest BCUT2D eigenvalue weighted by Crippen LogP contribution is 2.23. The van der Waals surface area contributed by atoms with E-state index in [4.69, 9.17) is 4.74 Å². The molecule has 0 radical (unpaired) electrons. The molecule has 1 amide bonds. The molecular weight excluding hydrogens is 428 g/mol. The van der Waals surface area contributed by atoms with Crippen LogP contribution in [0.15, 0.2) is 64.2 Å². The van der Waals surface area contributed by atoms with Crippen molar-refractivity contribution < 1.29 is 9.53 Å². The number of ether oxygens (including phenoxy) is 1. The molecule has 0 fully saturated rings. The summed E-state index contributed by atoms with van der Waals surface area (Å²) in [5.74, 6) is 1.29. The van der Waals surface area contributed by atoms with Gasteiger partial charge in [0.1, 0.15) is 6.61 Å². The van der Waals surface area contributed by atoms with Crippen molar-refractivity contribution in [2.24, 2.45) is 0 Å². The number of anilines is 1. The number of thioether (sulfide) groups is 1. The fourth-order valence-electron chi connectivity index (χ4n) is 2.44. The summed E-state index contributed by atoms with van der Waals surface area (Å²) in [5, 5.41) is 12.1. The van der Waals surface area contributed by atoms with Gasteiger partial charge < -0.3 is 10.1 Å². The Morgan fingerprint density at radius 1 is 1.15 bits per heavy atom. The van der Waals surface area contributed by atoms with Crippen LogP contribution in [0.4, 0.5) is 5.69 Å². The summed E-state index contributed by atoms with van der Waals surface area (Å²) in [6, 6.07) is 17.4. The summed E-state index contributed by atoms with van der Waals surface area (Å²) in [6.45, 7) is 0.368. The van der Waals surface area contributed by atoms with E-state index in [1.54, 1.807) is 7.11 Å². The molecule has 3 aromatic rings. The third-order valence-corrected chi connectivity index (χ3v) is 5.14. The van der Waals surface area contributed by atoms with Crippen molar-refractivity contribution in [3.63, 3.8) is 0 Å². The second-order valence-corrected chi connectivity index (χ2v) is 7.63. The predicted molar refractivity (Wildman–Crippen MR) is 110 cm³/mol. The molecule has 6 nitrogen and oxygen atoms in total. The lowest BCUT2D eigenvalue weighted by Crippen LogP contribution is -2.12. The Balaban J connectivity index is 1.62. The zero-order valence-corrected chi connectivity index (χ0v) is 17.2. The van der Waals surface area contributed by atoms with Crippen molar-refractivity contribution >= 4 is 39.3 Å². The Bertz CT molecular complexity index is 884. The molecule has 1 heterocycles. The Kier molecular flexibility index (Phi) is 7.03. The number of methoxy groups -OCH3 is 1. The lowest BCUT2D eigenvalue weighted by molar-refractivity contribution is -0.115. The molecule has 0 aliphatic heterocycles. The van der Waals surface area contributed by atoms with Crippen LogP contribution in [0.1, 0.15) is 12.2 Å². The lowest BCUT2D eigenvalue weighted by Gasteiger charge is -2.10. The molecule has 2 aromatic carbocycles. The van der Waals surface area contributed by atoms with Gasteiger partial charge in [-0.3, -0.25) is 9.36 Å². The van der Waals surface area contributed by atoms with Crippen molar-refractivity contribution in [2.75, 3.05) is 18.2 Å². The molecule has 1 N–H and O–H groups in total. The van der Waals surface area contributed by atoms with Gasteiger partial charge >= 0.3 is 0 Å². The number of amides is 1. The number of rotatable bonds is 8. The minimum atomic E-state index is -0.0345. The molecule has 0 atom stereocenters. The summed E-state index contributed by atoms with van der Waals surface area (Å²) in [7, 11) is 1.63. The van der Waals surface area contributed by atoms with Gasteiger partial charge in [0.15, 0.2) is 11.0 Å². The summed E-state index contributed by atoms with van der Waals surface area (Å²) in [6.07, 6.45) is 0.377. The molecule has 0 saturated heterocycles. The summed E-state index contributed by atoms with van der Waals surface area (Å²) in [4.78, 5) is 12.2. The molecule has 140 valence electrons. The van der Waals surface area contributed by atoms with Crippen LogP contribution in [-0.4, -0.2) is 33.5 Å². The number of benzene rings is 2. The second-order valence-electron chi connectivity index (χ2n) is 5.66. The first-order valence-electron chi connectivity index (χ1n) is 8.34. The number of halogens is 1. The maximum atomic E-state index is 12.2. The van der Waals surface area contributed by atoms with Gasteiger partial charge in [0, 0.05) is 35.1 Å². The number of nitrogens with zero attached hydrogens (tertiary/aromatic N) is 3. The van der Waals surface area contributed by atoms with E-state index in [1.165, 1.54) is 11.8 Å². The highest BCUT2D eigenvalue weighted by atomic mass is 79.9. The van der Waals surface area contributed by atoms with Gasteiger partial charge in [-0.2, -0.15) is 0 Å². The van der Waals surface area contributed by atoms with Crippen LogP contribution in [-0.2, 0) is 16.1 Å².